The van der Waals surface area contributed by atoms with E-state index < -0.39 is 12.1 Å². The van der Waals surface area contributed by atoms with Crippen molar-refractivity contribution in [3.8, 4) is 0 Å². The largest absolute Gasteiger partial charge is 0.458 e. The average Bonchev–Trinajstić information content (AvgIpc) is 2.42. The maximum absolute atomic E-state index is 11.1. The second kappa shape index (κ2) is 5.89. The number of carbonyl (C=O) groups excluding carboxylic acids is 1. The molecule has 0 fully saturated rings. The molecule has 0 aliphatic rings. The molecule has 0 aromatic heterocycles. The van der Waals surface area contributed by atoms with Gasteiger partial charge in [-0.2, -0.15) is 0 Å². The van der Waals surface area contributed by atoms with Gasteiger partial charge >= 0.3 is 5.97 Å². The lowest BCUT2D eigenvalue weighted by Crippen LogP contribution is -2.11. The number of carbonyl (C=O) groups is 1. The van der Waals surface area contributed by atoms with Crippen LogP contribution >= 0.6 is 0 Å². The standard InChI is InChI=1S/C14H13N3O2/c1-10(18)19-14(9-16-17-15)13-7-6-11-4-2-3-5-12(11)8-13/h2-8,14H,9H2,1H3/t14-/m0/s1. The number of fused-ring (bicyclic) bond motifs is 1. The normalized spacial score (nSPS) is 11.6. The van der Waals surface area contributed by atoms with E-state index in [0.717, 1.165) is 16.3 Å². The van der Waals surface area contributed by atoms with E-state index in [1.807, 2.05) is 42.5 Å². The fraction of sp³-hybridized carbons (Fsp3) is 0.214. The van der Waals surface area contributed by atoms with Gasteiger partial charge in [-0.15, -0.1) is 0 Å². The van der Waals surface area contributed by atoms with Crippen LogP contribution in [0.4, 0.5) is 0 Å². The zero-order valence-electron chi connectivity index (χ0n) is 10.5. The van der Waals surface area contributed by atoms with Crippen LogP contribution in [0.3, 0.4) is 0 Å². The Bertz CT molecular complexity index is 644. The summed E-state index contributed by atoms with van der Waals surface area (Å²) in [6.45, 7) is 1.43. The molecular weight excluding hydrogens is 242 g/mol. The molecule has 19 heavy (non-hydrogen) atoms. The maximum atomic E-state index is 11.1. The highest BCUT2D eigenvalue weighted by molar-refractivity contribution is 5.83. The Balaban J connectivity index is 2.36. The number of hydrogen-bond acceptors (Lipinski definition) is 3. The Hall–Kier alpha value is -2.52. The summed E-state index contributed by atoms with van der Waals surface area (Å²) in [5, 5.41) is 5.65. The second-order valence-corrected chi connectivity index (χ2v) is 4.12. The molecule has 1 atom stereocenters. The van der Waals surface area contributed by atoms with Crippen molar-refractivity contribution >= 4 is 16.7 Å². The smallest absolute Gasteiger partial charge is 0.303 e. The van der Waals surface area contributed by atoms with Crippen molar-refractivity contribution in [2.24, 2.45) is 5.11 Å². The van der Waals surface area contributed by atoms with Gasteiger partial charge in [-0.1, -0.05) is 41.5 Å². The maximum Gasteiger partial charge on any atom is 0.303 e. The topological polar surface area (TPSA) is 75.1 Å². The summed E-state index contributed by atoms with van der Waals surface area (Å²) in [4.78, 5) is 13.8. The number of ether oxygens (including phenoxy) is 1. The highest BCUT2D eigenvalue weighted by Crippen LogP contribution is 2.23. The lowest BCUT2D eigenvalue weighted by Gasteiger charge is -2.15. The molecule has 96 valence electrons. The molecule has 0 bridgehead atoms. The van der Waals surface area contributed by atoms with Crippen molar-refractivity contribution in [1.82, 2.24) is 0 Å². The lowest BCUT2D eigenvalue weighted by atomic mass is 10.0. The van der Waals surface area contributed by atoms with E-state index >= 15 is 0 Å². The third kappa shape index (κ3) is 3.24. The van der Waals surface area contributed by atoms with E-state index in [1.165, 1.54) is 6.92 Å². The minimum atomic E-state index is -0.544. The zero-order chi connectivity index (χ0) is 13.7. The Labute approximate surface area is 110 Å². The van der Waals surface area contributed by atoms with E-state index in [4.69, 9.17) is 10.3 Å². The van der Waals surface area contributed by atoms with Gasteiger partial charge in [-0.05, 0) is 27.9 Å². The van der Waals surface area contributed by atoms with Gasteiger partial charge in [-0.3, -0.25) is 4.79 Å². The molecule has 0 amide bonds. The summed E-state index contributed by atoms with van der Waals surface area (Å²) < 4.78 is 5.18. The Kier molecular flexibility index (Phi) is 4.00. The van der Waals surface area contributed by atoms with Gasteiger partial charge in [0, 0.05) is 11.8 Å². The zero-order valence-corrected chi connectivity index (χ0v) is 10.5. The van der Waals surface area contributed by atoms with Crippen LogP contribution in [0, 0.1) is 0 Å². The molecule has 0 heterocycles. The van der Waals surface area contributed by atoms with E-state index in [1.54, 1.807) is 0 Å². The van der Waals surface area contributed by atoms with Crippen LogP contribution in [-0.4, -0.2) is 12.5 Å². The van der Waals surface area contributed by atoms with Crippen LogP contribution in [0.15, 0.2) is 47.6 Å². The van der Waals surface area contributed by atoms with E-state index in [2.05, 4.69) is 10.0 Å². The van der Waals surface area contributed by atoms with Crippen molar-refractivity contribution in [1.29, 1.82) is 0 Å². The fourth-order valence-corrected chi connectivity index (χ4v) is 1.93. The van der Waals surface area contributed by atoms with Gasteiger partial charge in [0.25, 0.3) is 0 Å². The first-order valence-electron chi connectivity index (χ1n) is 5.87. The van der Waals surface area contributed by atoms with Gasteiger partial charge in [0.15, 0.2) is 0 Å². The summed E-state index contributed by atoms with van der Waals surface area (Å²) in [5.41, 5.74) is 9.21. The van der Waals surface area contributed by atoms with Crippen molar-refractivity contribution in [3.63, 3.8) is 0 Å². The molecule has 5 heteroatoms. The molecule has 2 aromatic carbocycles. The molecule has 0 saturated carbocycles. The highest BCUT2D eigenvalue weighted by atomic mass is 16.5. The molecule has 2 rings (SSSR count). The minimum absolute atomic E-state index is 0.0917. The predicted molar refractivity (Wildman–Crippen MR) is 72.5 cm³/mol. The van der Waals surface area contributed by atoms with Gasteiger partial charge < -0.3 is 4.74 Å². The molecule has 0 aliphatic heterocycles. The van der Waals surface area contributed by atoms with Crippen LogP contribution in [0.5, 0.6) is 0 Å². The van der Waals surface area contributed by atoms with Crippen molar-refractivity contribution in [3.05, 3.63) is 58.5 Å². The summed E-state index contributed by atoms with van der Waals surface area (Å²) in [6, 6.07) is 13.7. The van der Waals surface area contributed by atoms with Gasteiger partial charge in [0.1, 0.15) is 6.10 Å². The highest BCUT2D eigenvalue weighted by Gasteiger charge is 2.14. The summed E-state index contributed by atoms with van der Waals surface area (Å²) in [7, 11) is 0. The van der Waals surface area contributed by atoms with Crippen molar-refractivity contribution in [2.45, 2.75) is 13.0 Å². The minimum Gasteiger partial charge on any atom is -0.458 e. The Morgan fingerprint density at radius 2 is 2.05 bits per heavy atom. The molecule has 0 spiro atoms. The third-order valence-electron chi connectivity index (χ3n) is 2.76. The number of azide groups is 1. The second-order valence-electron chi connectivity index (χ2n) is 4.12. The number of rotatable bonds is 4. The quantitative estimate of drug-likeness (QED) is 0.361. The molecule has 2 aromatic rings. The van der Waals surface area contributed by atoms with Gasteiger partial charge in [0.05, 0.1) is 6.54 Å². The summed E-state index contributed by atoms with van der Waals surface area (Å²) >= 11 is 0. The number of benzene rings is 2. The average molecular weight is 255 g/mol. The molecule has 0 unspecified atom stereocenters. The van der Waals surface area contributed by atoms with Gasteiger partial charge in [-0.25, -0.2) is 0 Å². The number of esters is 1. The van der Waals surface area contributed by atoms with Gasteiger partial charge in [0.2, 0.25) is 0 Å². The lowest BCUT2D eigenvalue weighted by molar-refractivity contribution is -0.146. The van der Waals surface area contributed by atoms with E-state index in [-0.39, 0.29) is 6.54 Å². The Morgan fingerprint density at radius 1 is 1.32 bits per heavy atom. The van der Waals surface area contributed by atoms with Crippen molar-refractivity contribution in [2.75, 3.05) is 6.54 Å². The fourth-order valence-electron chi connectivity index (χ4n) is 1.93. The summed E-state index contributed by atoms with van der Waals surface area (Å²) in [5.74, 6) is -0.397. The first-order chi connectivity index (χ1) is 9.20. The number of nitrogens with zero attached hydrogens (tertiary/aromatic N) is 3. The third-order valence-corrected chi connectivity index (χ3v) is 2.76. The molecule has 0 saturated heterocycles. The predicted octanol–water partition coefficient (Wildman–Crippen LogP) is 3.75. The van der Waals surface area contributed by atoms with E-state index in [0.29, 0.717) is 0 Å². The first kappa shape index (κ1) is 12.9. The number of hydrogen-bond donors (Lipinski definition) is 0. The van der Waals surface area contributed by atoms with E-state index in [9.17, 15) is 4.79 Å². The van der Waals surface area contributed by atoms with Crippen LogP contribution in [0.1, 0.15) is 18.6 Å². The molecule has 0 N–H and O–H groups in total. The summed E-state index contributed by atoms with van der Waals surface area (Å²) in [6.07, 6.45) is -0.544. The Morgan fingerprint density at radius 3 is 2.74 bits per heavy atom. The van der Waals surface area contributed by atoms with Crippen LogP contribution in [-0.2, 0) is 9.53 Å². The molecule has 0 radical (unpaired) electrons. The SMILES string of the molecule is CC(=O)O[C@@H](CN=[N+]=[N-])c1ccc2ccccc2c1. The molecule has 0 aliphatic carbocycles. The van der Waals surface area contributed by atoms with Crippen LogP contribution in [0.25, 0.3) is 21.2 Å². The molecule has 5 nitrogen and oxygen atoms in total. The van der Waals surface area contributed by atoms with Crippen molar-refractivity contribution < 1.29 is 9.53 Å². The first-order valence-corrected chi connectivity index (χ1v) is 5.87. The molecular formula is C14H13N3O2. The monoisotopic (exact) mass is 255 g/mol. The van der Waals surface area contributed by atoms with Crippen LogP contribution in [0.2, 0.25) is 0 Å². The van der Waals surface area contributed by atoms with Crippen LogP contribution < -0.4 is 0 Å².